The number of Topliss-reactive ketones (excluding diaryl/α,β-unsaturated/α-hetero) is 1. The van der Waals surface area contributed by atoms with Gasteiger partial charge < -0.3 is 10.2 Å². The van der Waals surface area contributed by atoms with Crippen LogP contribution >= 0.6 is 23.2 Å². The number of halogens is 3. The van der Waals surface area contributed by atoms with E-state index < -0.39 is 17.6 Å². The van der Waals surface area contributed by atoms with Gasteiger partial charge in [-0.2, -0.15) is 0 Å². The average molecular weight is 483 g/mol. The lowest BCUT2D eigenvalue weighted by atomic mass is 9.92. The summed E-state index contributed by atoms with van der Waals surface area (Å²) in [5, 5.41) is 3.41. The zero-order valence-corrected chi connectivity index (χ0v) is 18.9. The Hall–Kier alpha value is -3.48. The molecule has 33 heavy (non-hydrogen) atoms. The van der Waals surface area contributed by atoms with Gasteiger partial charge >= 0.3 is 0 Å². The van der Waals surface area contributed by atoms with Crippen molar-refractivity contribution in [2.24, 2.45) is 0 Å². The molecule has 0 fully saturated rings. The van der Waals surface area contributed by atoms with Crippen molar-refractivity contribution in [1.29, 1.82) is 0 Å². The second-order valence-electron chi connectivity index (χ2n) is 7.47. The number of carbonyl (C=O) groups excluding carboxylic acids is 3. The van der Waals surface area contributed by atoms with Gasteiger partial charge in [0.05, 0.1) is 21.3 Å². The van der Waals surface area contributed by atoms with Gasteiger partial charge in [0, 0.05) is 24.7 Å². The normalized spacial score (nSPS) is 14.4. The molecule has 166 valence electrons. The number of anilines is 1. The molecule has 0 aromatic heterocycles. The van der Waals surface area contributed by atoms with E-state index in [0.717, 1.165) is 5.56 Å². The van der Waals surface area contributed by atoms with Crippen LogP contribution in [0.3, 0.4) is 0 Å². The third kappa shape index (κ3) is 4.67. The van der Waals surface area contributed by atoms with Crippen LogP contribution in [0.2, 0.25) is 10.0 Å². The Morgan fingerprint density at radius 3 is 2.42 bits per heavy atom. The average Bonchev–Trinajstić information content (AvgIpc) is 2.81. The van der Waals surface area contributed by atoms with Gasteiger partial charge in [-0.1, -0.05) is 41.4 Å². The van der Waals surface area contributed by atoms with Crippen molar-refractivity contribution in [3.63, 3.8) is 0 Å². The largest absolute Gasteiger partial charge is 0.348 e. The highest BCUT2D eigenvalue weighted by Crippen LogP contribution is 2.32. The van der Waals surface area contributed by atoms with Gasteiger partial charge in [0.25, 0.3) is 11.8 Å². The van der Waals surface area contributed by atoms with Gasteiger partial charge in [-0.05, 0) is 59.7 Å². The molecule has 3 aromatic rings. The van der Waals surface area contributed by atoms with Crippen LogP contribution in [0.25, 0.3) is 6.08 Å². The maximum atomic E-state index is 13.2. The third-order valence-corrected chi connectivity index (χ3v) is 6.00. The summed E-state index contributed by atoms with van der Waals surface area (Å²) in [6, 6.07) is 15.1. The number of hydrogen-bond donors (Lipinski definition) is 1. The molecule has 1 aliphatic rings. The predicted octanol–water partition coefficient (Wildman–Crippen LogP) is 5.31. The molecule has 0 unspecified atom stereocenters. The van der Waals surface area contributed by atoms with E-state index in [9.17, 15) is 18.8 Å². The molecule has 1 N–H and O–H groups in total. The van der Waals surface area contributed by atoms with E-state index in [1.54, 1.807) is 49.5 Å². The number of benzene rings is 3. The van der Waals surface area contributed by atoms with Crippen LogP contribution in [-0.2, 0) is 11.3 Å². The van der Waals surface area contributed by atoms with E-state index in [-0.39, 0.29) is 29.1 Å². The number of rotatable bonds is 4. The number of nitrogens with zero attached hydrogens (tertiary/aromatic N) is 1. The summed E-state index contributed by atoms with van der Waals surface area (Å²) < 4.78 is 13.0. The van der Waals surface area contributed by atoms with E-state index >= 15 is 0 Å². The van der Waals surface area contributed by atoms with E-state index in [4.69, 9.17) is 23.2 Å². The van der Waals surface area contributed by atoms with E-state index in [1.807, 2.05) is 0 Å². The Kier molecular flexibility index (Phi) is 6.31. The molecule has 0 aliphatic carbocycles. The molecule has 0 saturated carbocycles. The lowest BCUT2D eigenvalue weighted by Crippen LogP contribution is -2.37. The number of likely N-dealkylation sites (N-methyl/N-ethyl adjacent to an activating group) is 1. The van der Waals surface area contributed by atoms with Crippen molar-refractivity contribution in [1.82, 2.24) is 5.32 Å². The molecule has 4 rings (SSSR count). The van der Waals surface area contributed by atoms with Gasteiger partial charge in [-0.25, -0.2) is 4.39 Å². The molecule has 0 radical (unpaired) electrons. The number of carbonyl (C=O) groups is 3. The quantitative estimate of drug-likeness (QED) is 0.405. The fourth-order valence-electron chi connectivity index (χ4n) is 3.47. The lowest BCUT2D eigenvalue weighted by molar-refractivity contribution is -0.114. The first-order valence-electron chi connectivity index (χ1n) is 9.91. The van der Waals surface area contributed by atoms with Crippen LogP contribution in [0.1, 0.15) is 31.8 Å². The van der Waals surface area contributed by atoms with E-state index in [1.165, 1.54) is 29.2 Å². The zero-order chi connectivity index (χ0) is 23.7. The van der Waals surface area contributed by atoms with Crippen molar-refractivity contribution in [2.75, 3.05) is 11.9 Å². The third-order valence-electron chi connectivity index (χ3n) is 5.27. The van der Waals surface area contributed by atoms with Gasteiger partial charge in [-0.15, -0.1) is 0 Å². The monoisotopic (exact) mass is 482 g/mol. The Morgan fingerprint density at radius 1 is 1.00 bits per heavy atom. The Labute approximate surface area is 199 Å². The predicted molar refractivity (Wildman–Crippen MR) is 126 cm³/mol. The first-order valence-corrected chi connectivity index (χ1v) is 10.7. The molecule has 5 nitrogen and oxygen atoms in total. The highest BCUT2D eigenvalue weighted by Gasteiger charge is 2.33. The number of nitrogens with one attached hydrogen (secondary N) is 1. The summed E-state index contributed by atoms with van der Waals surface area (Å²) >= 11 is 12.0. The molecular formula is C25H17Cl2FN2O3. The first kappa shape index (κ1) is 22.7. The van der Waals surface area contributed by atoms with Gasteiger partial charge in [0.2, 0.25) is 5.78 Å². The highest BCUT2D eigenvalue weighted by atomic mass is 35.5. The molecule has 0 bridgehead atoms. The van der Waals surface area contributed by atoms with Crippen molar-refractivity contribution in [2.45, 2.75) is 6.54 Å². The minimum Gasteiger partial charge on any atom is -0.348 e. The number of fused-ring (bicyclic) bond motifs is 1. The summed E-state index contributed by atoms with van der Waals surface area (Å²) in [4.78, 5) is 40.0. The molecular weight excluding hydrogens is 466 g/mol. The molecule has 1 heterocycles. The standard InChI is InChI=1S/C25H17Cl2FN2O3/c1-30-22-9-5-16(24(32)29-13-14-2-6-17(28)7-3-14)12-18(22)23(31)19(25(30)33)10-15-4-8-20(26)21(27)11-15/h2-12H,13H2,1H3,(H,29,32)/b19-10+. The Balaban J connectivity index is 1.62. The van der Waals surface area contributed by atoms with Crippen molar-refractivity contribution < 1.29 is 18.8 Å². The SMILES string of the molecule is CN1C(=O)/C(=C/c2ccc(Cl)c(Cl)c2)C(=O)c2cc(C(=O)NCc3ccc(F)cc3)ccc21. The molecule has 1 aliphatic heterocycles. The van der Waals surface area contributed by atoms with E-state index in [2.05, 4.69) is 5.32 Å². The minimum absolute atomic E-state index is 0.0488. The smallest absolute Gasteiger partial charge is 0.262 e. The van der Waals surface area contributed by atoms with Crippen molar-refractivity contribution >= 4 is 52.6 Å². The molecule has 0 atom stereocenters. The van der Waals surface area contributed by atoms with Crippen LogP contribution in [0.15, 0.2) is 66.2 Å². The molecule has 8 heteroatoms. The van der Waals surface area contributed by atoms with Crippen LogP contribution in [0, 0.1) is 5.82 Å². The molecule has 3 aromatic carbocycles. The maximum absolute atomic E-state index is 13.2. The second-order valence-corrected chi connectivity index (χ2v) is 8.28. The fraction of sp³-hybridized carbons (Fsp3) is 0.0800. The van der Waals surface area contributed by atoms with Crippen LogP contribution in [0.5, 0.6) is 0 Å². The summed E-state index contributed by atoms with van der Waals surface area (Å²) in [6.07, 6.45) is 1.45. The van der Waals surface area contributed by atoms with Gasteiger partial charge in [0.15, 0.2) is 0 Å². The highest BCUT2D eigenvalue weighted by molar-refractivity contribution is 6.42. The molecule has 0 saturated heterocycles. The van der Waals surface area contributed by atoms with Crippen LogP contribution in [-0.4, -0.2) is 24.6 Å². The lowest BCUT2D eigenvalue weighted by Gasteiger charge is -2.27. The number of hydrogen-bond acceptors (Lipinski definition) is 3. The number of ketones is 1. The first-order chi connectivity index (χ1) is 15.7. The van der Waals surface area contributed by atoms with Crippen LogP contribution in [0.4, 0.5) is 10.1 Å². The number of amides is 2. The summed E-state index contributed by atoms with van der Waals surface area (Å²) in [6.45, 7) is 0.199. The molecule has 2 amide bonds. The topological polar surface area (TPSA) is 66.5 Å². The summed E-state index contributed by atoms with van der Waals surface area (Å²) in [5.41, 5.74) is 2.14. The Morgan fingerprint density at radius 2 is 1.73 bits per heavy atom. The second kappa shape index (κ2) is 9.17. The summed E-state index contributed by atoms with van der Waals surface area (Å²) in [7, 11) is 1.56. The van der Waals surface area contributed by atoms with Crippen molar-refractivity contribution in [3.05, 3.63) is 104 Å². The maximum Gasteiger partial charge on any atom is 0.262 e. The van der Waals surface area contributed by atoms with Gasteiger partial charge in [0.1, 0.15) is 5.82 Å². The zero-order valence-electron chi connectivity index (χ0n) is 17.4. The van der Waals surface area contributed by atoms with Gasteiger partial charge in [-0.3, -0.25) is 14.4 Å². The van der Waals surface area contributed by atoms with Crippen molar-refractivity contribution in [3.8, 4) is 0 Å². The molecule has 0 spiro atoms. The van der Waals surface area contributed by atoms with Crippen LogP contribution < -0.4 is 10.2 Å². The summed E-state index contributed by atoms with van der Waals surface area (Å²) in [5.74, 6) is -1.72. The minimum atomic E-state index is -0.493. The van der Waals surface area contributed by atoms with E-state index in [0.29, 0.717) is 21.3 Å². The Bertz CT molecular complexity index is 1320. The fourth-order valence-corrected chi connectivity index (χ4v) is 3.77.